The molecule has 2 aromatic rings. The molecular formula is C29H41N3O4. The smallest absolute Gasteiger partial charge is 0.325 e. The summed E-state index contributed by atoms with van der Waals surface area (Å²) in [6.45, 7) is 8.93. The molecule has 2 atom stereocenters. The van der Waals surface area contributed by atoms with Crippen molar-refractivity contribution in [1.82, 2.24) is 9.88 Å². The van der Waals surface area contributed by atoms with Gasteiger partial charge in [0, 0.05) is 38.0 Å². The number of hydrogen-bond donors (Lipinski definition) is 1. The lowest BCUT2D eigenvalue weighted by Gasteiger charge is -2.20. The van der Waals surface area contributed by atoms with Crippen molar-refractivity contribution in [3.63, 3.8) is 0 Å². The van der Waals surface area contributed by atoms with E-state index in [4.69, 9.17) is 14.5 Å². The summed E-state index contributed by atoms with van der Waals surface area (Å²) in [5, 5.41) is 3.31. The standard InChI is InChI=1S/C29H41N3O4/c1-7-19(2)27(23-14-21(4)28(33)32(5)17-23)31-25-15-22(13-12-20(25)3)16-30-26(18-35-6)29(34)36-24-10-8-9-11-24/h12-15,17,19,24,26,30H,7-11,16,18H2,1-6H3. The predicted octanol–water partition coefficient (Wildman–Crippen LogP) is 4.76. The Morgan fingerprint density at radius 2 is 1.92 bits per heavy atom. The molecule has 0 amide bonds. The number of benzene rings is 1. The van der Waals surface area contributed by atoms with Crippen LogP contribution in [0.2, 0.25) is 0 Å². The van der Waals surface area contributed by atoms with Crippen LogP contribution in [0.4, 0.5) is 5.69 Å². The van der Waals surface area contributed by atoms with E-state index >= 15 is 0 Å². The van der Waals surface area contributed by atoms with Gasteiger partial charge < -0.3 is 14.0 Å². The largest absolute Gasteiger partial charge is 0.461 e. The molecule has 1 aliphatic rings. The van der Waals surface area contributed by atoms with Crippen molar-refractivity contribution >= 4 is 17.4 Å². The van der Waals surface area contributed by atoms with Gasteiger partial charge in [0.15, 0.2) is 0 Å². The van der Waals surface area contributed by atoms with E-state index in [1.807, 2.05) is 32.2 Å². The Labute approximate surface area is 214 Å². The molecule has 36 heavy (non-hydrogen) atoms. The van der Waals surface area contributed by atoms with E-state index in [1.54, 1.807) is 18.7 Å². The molecule has 196 valence electrons. The number of methoxy groups -OCH3 is 1. The molecule has 2 unspecified atom stereocenters. The normalized spacial score (nSPS) is 16.2. The molecule has 0 saturated heterocycles. The highest BCUT2D eigenvalue weighted by Crippen LogP contribution is 2.25. The molecule has 1 saturated carbocycles. The molecule has 0 bridgehead atoms. The minimum absolute atomic E-state index is 0.00331. The SMILES string of the molecule is CCC(C)C(=Nc1cc(CNC(COC)C(=O)OC2CCCC2)ccc1C)c1cc(C)c(=O)n(C)c1. The molecule has 1 aliphatic carbocycles. The van der Waals surface area contributed by atoms with Crippen molar-refractivity contribution in [2.45, 2.75) is 78.5 Å². The fourth-order valence-corrected chi connectivity index (χ4v) is 4.56. The second kappa shape index (κ2) is 13.0. The van der Waals surface area contributed by atoms with Crippen LogP contribution in [-0.4, -0.2) is 42.1 Å². The van der Waals surface area contributed by atoms with Gasteiger partial charge in [-0.05, 0) is 75.1 Å². The third-order valence-electron chi connectivity index (χ3n) is 7.01. The number of ether oxygens (including phenoxy) is 2. The lowest BCUT2D eigenvalue weighted by molar-refractivity contribution is -0.152. The molecule has 1 fully saturated rings. The number of pyridine rings is 1. The van der Waals surface area contributed by atoms with E-state index in [2.05, 4.69) is 31.3 Å². The topological polar surface area (TPSA) is 81.9 Å². The number of carbonyl (C=O) groups is 1. The van der Waals surface area contributed by atoms with Gasteiger partial charge in [0.25, 0.3) is 5.56 Å². The van der Waals surface area contributed by atoms with Crippen molar-refractivity contribution in [1.29, 1.82) is 0 Å². The number of hydrogen-bond acceptors (Lipinski definition) is 6. The third kappa shape index (κ3) is 7.14. The van der Waals surface area contributed by atoms with Gasteiger partial charge in [-0.1, -0.05) is 26.0 Å². The molecular weight excluding hydrogens is 454 g/mol. The van der Waals surface area contributed by atoms with Crippen LogP contribution in [-0.2, 0) is 27.9 Å². The monoisotopic (exact) mass is 495 g/mol. The Kier molecular flexibility index (Phi) is 10.0. The van der Waals surface area contributed by atoms with Crippen molar-refractivity contribution in [3.8, 4) is 0 Å². The fourth-order valence-electron chi connectivity index (χ4n) is 4.56. The van der Waals surface area contributed by atoms with Crippen LogP contribution in [0.3, 0.4) is 0 Å². The highest BCUT2D eigenvalue weighted by Gasteiger charge is 2.25. The van der Waals surface area contributed by atoms with Crippen LogP contribution in [0, 0.1) is 19.8 Å². The van der Waals surface area contributed by atoms with E-state index < -0.39 is 6.04 Å². The molecule has 1 N–H and O–H groups in total. The Bertz CT molecular complexity index is 1110. The highest BCUT2D eigenvalue weighted by molar-refractivity contribution is 6.03. The zero-order valence-electron chi connectivity index (χ0n) is 22.6. The number of carbonyl (C=O) groups excluding carboxylic acids is 1. The lowest BCUT2D eigenvalue weighted by Crippen LogP contribution is -2.42. The van der Waals surface area contributed by atoms with Gasteiger partial charge in [0.1, 0.15) is 12.1 Å². The number of nitrogens with zero attached hydrogens (tertiary/aromatic N) is 2. The Hall–Kier alpha value is -2.77. The van der Waals surface area contributed by atoms with Crippen LogP contribution in [0.5, 0.6) is 0 Å². The zero-order valence-corrected chi connectivity index (χ0v) is 22.6. The summed E-state index contributed by atoms with van der Waals surface area (Å²) in [5.74, 6) is -0.0299. The van der Waals surface area contributed by atoms with Crippen LogP contribution in [0.1, 0.15) is 68.2 Å². The number of aromatic nitrogens is 1. The maximum Gasteiger partial charge on any atom is 0.325 e. The number of esters is 1. The molecule has 7 nitrogen and oxygen atoms in total. The van der Waals surface area contributed by atoms with Crippen LogP contribution in [0.25, 0.3) is 0 Å². The molecule has 3 rings (SSSR count). The summed E-state index contributed by atoms with van der Waals surface area (Å²) in [6, 6.07) is 7.57. The lowest BCUT2D eigenvalue weighted by atomic mass is 9.96. The minimum Gasteiger partial charge on any atom is -0.461 e. The number of aryl methyl sites for hydroxylation is 3. The first-order valence-electron chi connectivity index (χ1n) is 13.0. The molecule has 0 spiro atoms. The summed E-state index contributed by atoms with van der Waals surface area (Å²) in [6.07, 6.45) is 6.94. The molecule has 0 radical (unpaired) electrons. The number of nitrogens with one attached hydrogen (secondary N) is 1. The summed E-state index contributed by atoms with van der Waals surface area (Å²) in [5.41, 5.74) is 5.60. The summed E-state index contributed by atoms with van der Waals surface area (Å²) in [4.78, 5) is 30.0. The fraction of sp³-hybridized carbons (Fsp3) is 0.552. The highest BCUT2D eigenvalue weighted by atomic mass is 16.5. The summed E-state index contributed by atoms with van der Waals surface area (Å²) >= 11 is 0. The van der Waals surface area contributed by atoms with E-state index in [0.717, 1.165) is 60.2 Å². The Morgan fingerprint density at radius 3 is 2.56 bits per heavy atom. The van der Waals surface area contributed by atoms with Crippen molar-refractivity contribution in [2.75, 3.05) is 13.7 Å². The molecule has 1 heterocycles. The van der Waals surface area contributed by atoms with Crippen LogP contribution >= 0.6 is 0 Å². The Morgan fingerprint density at radius 1 is 1.19 bits per heavy atom. The first-order valence-corrected chi connectivity index (χ1v) is 13.0. The zero-order chi connectivity index (χ0) is 26.2. The first-order chi connectivity index (χ1) is 17.2. The van der Waals surface area contributed by atoms with E-state index in [9.17, 15) is 9.59 Å². The van der Waals surface area contributed by atoms with Gasteiger partial charge in [-0.25, -0.2) is 0 Å². The van der Waals surface area contributed by atoms with Crippen LogP contribution in [0.15, 0.2) is 40.2 Å². The van der Waals surface area contributed by atoms with Gasteiger partial charge >= 0.3 is 5.97 Å². The number of rotatable bonds is 11. The van der Waals surface area contributed by atoms with Gasteiger partial charge in [-0.3, -0.25) is 19.9 Å². The Balaban J connectivity index is 1.83. The summed E-state index contributed by atoms with van der Waals surface area (Å²) in [7, 11) is 3.37. The van der Waals surface area contributed by atoms with E-state index in [0.29, 0.717) is 12.1 Å². The van der Waals surface area contributed by atoms with Crippen LogP contribution < -0.4 is 10.9 Å². The van der Waals surface area contributed by atoms with Crippen molar-refractivity contribution in [3.05, 3.63) is 63.1 Å². The minimum atomic E-state index is -0.520. The molecule has 1 aromatic carbocycles. The predicted molar refractivity (Wildman–Crippen MR) is 144 cm³/mol. The quantitative estimate of drug-likeness (QED) is 0.359. The third-order valence-corrected chi connectivity index (χ3v) is 7.01. The molecule has 1 aromatic heterocycles. The molecule has 7 heteroatoms. The van der Waals surface area contributed by atoms with E-state index in [1.165, 1.54) is 0 Å². The van der Waals surface area contributed by atoms with Gasteiger partial charge in [0.05, 0.1) is 18.0 Å². The maximum absolute atomic E-state index is 12.7. The first kappa shape index (κ1) is 27.8. The van der Waals surface area contributed by atoms with Gasteiger partial charge in [-0.15, -0.1) is 0 Å². The summed E-state index contributed by atoms with van der Waals surface area (Å²) < 4.78 is 12.6. The molecule has 0 aliphatic heterocycles. The average molecular weight is 496 g/mol. The van der Waals surface area contributed by atoms with Gasteiger partial charge in [-0.2, -0.15) is 0 Å². The number of aliphatic imine (C=N–C) groups is 1. The van der Waals surface area contributed by atoms with E-state index in [-0.39, 0.29) is 30.2 Å². The maximum atomic E-state index is 12.7. The second-order valence-corrected chi connectivity index (χ2v) is 9.99. The second-order valence-electron chi connectivity index (χ2n) is 9.99. The van der Waals surface area contributed by atoms with Crippen molar-refractivity contribution < 1.29 is 14.3 Å². The van der Waals surface area contributed by atoms with Gasteiger partial charge in [0.2, 0.25) is 0 Å². The van der Waals surface area contributed by atoms with Crippen molar-refractivity contribution in [2.24, 2.45) is 18.0 Å². The average Bonchev–Trinajstić information content (AvgIpc) is 3.37.